The van der Waals surface area contributed by atoms with Gasteiger partial charge in [0.15, 0.2) is 0 Å². The van der Waals surface area contributed by atoms with E-state index in [1.807, 2.05) is 0 Å². The van der Waals surface area contributed by atoms with E-state index in [1.165, 1.54) is 18.7 Å². The Kier molecular flexibility index (Phi) is 7.21. The van der Waals surface area contributed by atoms with Gasteiger partial charge in [-0.2, -0.15) is 0 Å². The maximum atomic E-state index is 11.8. The van der Waals surface area contributed by atoms with Crippen molar-refractivity contribution in [3.8, 4) is 0 Å². The molecule has 0 aliphatic carbocycles. The fourth-order valence-corrected chi connectivity index (χ4v) is 1.35. The lowest BCUT2D eigenvalue weighted by Crippen LogP contribution is -2.29. The Hall–Kier alpha value is -1.36. The van der Waals surface area contributed by atoms with Crippen LogP contribution < -0.4 is 0 Å². The van der Waals surface area contributed by atoms with Crippen LogP contribution in [0.15, 0.2) is 11.1 Å². The summed E-state index contributed by atoms with van der Waals surface area (Å²) in [5, 5.41) is 17.4. The van der Waals surface area contributed by atoms with Gasteiger partial charge in [0.25, 0.3) is 0 Å². The second-order valence-electron chi connectivity index (χ2n) is 4.07. The maximum Gasteiger partial charge on any atom is 0.331 e. The van der Waals surface area contributed by atoms with Crippen molar-refractivity contribution in [3.05, 3.63) is 11.1 Å². The van der Waals surface area contributed by atoms with E-state index in [-0.39, 0.29) is 23.7 Å². The highest BCUT2D eigenvalue weighted by Crippen LogP contribution is 2.08. The van der Waals surface area contributed by atoms with Gasteiger partial charge in [0.05, 0.1) is 0 Å². The highest BCUT2D eigenvalue weighted by molar-refractivity contribution is 6.01. The summed E-state index contributed by atoms with van der Waals surface area (Å²) in [5.74, 6) is -1.32. The van der Waals surface area contributed by atoms with E-state index in [0.29, 0.717) is 6.54 Å². The summed E-state index contributed by atoms with van der Waals surface area (Å²) < 4.78 is 0. The number of hydrogen-bond donors (Lipinski definition) is 2. The Bertz CT molecular complexity index is 310. The third-order valence-corrected chi connectivity index (χ3v) is 2.70. The van der Waals surface area contributed by atoms with E-state index in [2.05, 4.69) is 0 Å². The van der Waals surface area contributed by atoms with Crippen LogP contribution in [0.2, 0.25) is 0 Å². The first kappa shape index (κ1) is 15.6. The number of carbonyl (C=O) groups is 2. The summed E-state index contributed by atoms with van der Waals surface area (Å²) in [6.45, 7) is 3.68. The maximum absolute atomic E-state index is 11.8. The fourth-order valence-electron chi connectivity index (χ4n) is 1.35. The number of aliphatic hydroxyl groups excluding tert-OH is 1. The van der Waals surface area contributed by atoms with Crippen LogP contribution in [-0.4, -0.2) is 47.2 Å². The molecule has 1 amide bonds. The van der Waals surface area contributed by atoms with Crippen LogP contribution in [0.4, 0.5) is 0 Å². The van der Waals surface area contributed by atoms with Crippen LogP contribution in [0.25, 0.3) is 0 Å². The minimum absolute atomic E-state index is 0.0807. The Morgan fingerprint density at radius 3 is 2.12 bits per heavy atom. The van der Waals surface area contributed by atoms with Gasteiger partial charge in [0.2, 0.25) is 5.91 Å². The van der Waals surface area contributed by atoms with E-state index in [4.69, 9.17) is 10.2 Å². The quantitative estimate of drug-likeness (QED) is 0.517. The molecule has 0 unspecified atom stereocenters. The van der Waals surface area contributed by atoms with Gasteiger partial charge in [-0.25, -0.2) is 4.79 Å². The van der Waals surface area contributed by atoms with Crippen LogP contribution in [-0.2, 0) is 9.59 Å². The molecule has 0 rings (SSSR count). The smallest absolute Gasteiger partial charge is 0.331 e. The minimum Gasteiger partial charge on any atom is -0.478 e. The first-order valence-electron chi connectivity index (χ1n) is 5.69. The standard InChI is InChI=1S/C12H21NO4/c1-9(10(2)12(16)17)11(15)13(3)7-5-4-6-8-14/h14H,4-8H2,1-3H3,(H,16,17). The van der Waals surface area contributed by atoms with Crippen LogP contribution in [0.3, 0.4) is 0 Å². The number of amides is 1. The van der Waals surface area contributed by atoms with Gasteiger partial charge in [-0.3, -0.25) is 4.79 Å². The molecule has 0 saturated carbocycles. The van der Waals surface area contributed by atoms with Gasteiger partial charge in [-0.1, -0.05) is 0 Å². The van der Waals surface area contributed by atoms with Crippen molar-refractivity contribution < 1.29 is 19.8 Å². The van der Waals surface area contributed by atoms with E-state index in [9.17, 15) is 9.59 Å². The van der Waals surface area contributed by atoms with E-state index < -0.39 is 5.97 Å². The van der Waals surface area contributed by atoms with Crippen molar-refractivity contribution in [1.82, 2.24) is 4.90 Å². The van der Waals surface area contributed by atoms with Gasteiger partial charge in [0, 0.05) is 31.3 Å². The van der Waals surface area contributed by atoms with E-state index in [0.717, 1.165) is 19.3 Å². The van der Waals surface area contributed by atoms with Crippen LogP contribution in [0.5, 0.6) is 0 Å². The molecule has 17 heavy (non-hydrogen) atoms. The van der Waals surface area contributed by atoms with Gasteiger partial charge < -0.3 is 15.1 Å². The molecule has 5 nitrogen and oxygen atoms in total. The monoisotopic (exact) mass is 243 g/mol. The van der Waals surface area contributed by atoms with Crippen molar-refractivity contribution in [3.63, 3.8) is 0 Å². The van der Waals surface area contributed by atoms with Gasteiger partial charge in [-0.05, 0) is 33.1 Å². The highest BCUT2D eigenvalue weighted by atomic mass is 16.4. The molecular weight excluding hydrogens is 222 g/mol. The number of hydrogen-bond acceptors (Lipinski definition) is 3. The van der Waals surface area contributed by atoms with Crippen molar-refractivity contribution in [2.24, 2.45) is 0 Å². The zero-order valence-corrected chi connectivity index (χ0v) is 10.7. The van der Waals surface area contributed by atoms with Crippen LogP contribution >= 0.6 is 0 Å². The summed E-state index contributed by atoms with van der Waals surface area (Å²) in [6, 6.07) is 0. The van der Waals surface area contributed by atoms with Crippen LogP contribution in [0, 0.1) is 0 Å². The number of aliphatic carboxylic acids is 1. The Morgan fingerprint density at radius 1 is 1.06 bits per heavy atom. The number of likely N-dealkylation sites (N-methyl/N-ethyl adjacent to an activating group) is 1. The predicted molar refractivity (Wildman–Crippen MR) is 64.6 cm³/mol. The average Bonchev–Trinajstić information content (AvgIpc) is 2.31. The molecule has 0 atom stereocenters. The highest BCUT2D eigenvalue weighted by Gasteiger charge is 2.15. The molecule has 2 N–H and O–H groups in total. The van der Waals surface area contributed by atoms with Gasteiger partial charge in [-0.15, -0.1) is 0 Å². The second-order valence-corrected chi connectivity index (χ2v) is 4.07. The normalized spacial score (nSPS) is 12.0. The number of unbranched alkanes of at least 4 members (excludes halogenated alkanes) is 2. The number of carbonyl (C=O) groups excluding carboxylic acids is 1. The molecule has 0 saturated heterocycles. The second kappa shape index (κ2) is 7.84. The summed E-state index contributed by atoms with van der Waals surface area (Å²) >= 11 is 0. The SMILES string of the molecule is CC(C(=O)O)=C(C)C(=O)N(C)CCCCCO. The summed E-state index contributed by atoms with van der Waals surface area (Å²) in [7, 11) is 1.65. The summed E-state index contributed by atoms with van der Waals surface area (Å²) in [4.78, 5) is 24.0. The molecule has 0 spiro atoms. The van der Waals surface area contributed by atoms with Crippen molar-refractivity contribution in [2.75, 3.05) is 20.2 Å². The van der Waals surface area contributed by atoms with Gasteiger partial charge in [0.1, 0.15) is 0 Å². The summed E-state index contributed by atoms with van der Waals surface area (Å²) in [5.41, 5.74) is 0.347. The molecule has 0 aliphatic rings. The molecule has 98 valence electrons. The van der Waals surface area contributed by atoms with E-state index in [1.54, 1.807) is 7.05 Å². The number of rotatable bonds is 7. The Balaban J connectivity index is 4.31. The average molecular weight is 243 g/mol. The number of carboxylic acid groups (broad SMARTS) is 1. The molecule has 5 heteroatoms. The lowest BCUT2D eigenvalue weighted by Gasteiger charge is -2.18. The minimum atomic E-state index is -1.07. The Morgan fingerprint density at radius 2 is 1.65 bits per heavy atom. The number of aliphatic hydroxyl groups is 1. The molecule has 0 aliphatic heterocycles. The molecule has 0 bridgehead atoms. The van der Waals surface area contributed by atoms with Crippen LogP contribution in [0.1, 0.15) is 33.1 Å². The van der Waals surface area contributed by atoms with Crippen molar-refractivity contribution in [1.29, 1.82) is 0 Å². The molecule has 0 heterocycles. The van der Waals surface area contributed by atoms with Gasteiger partial charge >= 0.3 is 5.97 Å². The molecule has 0 aromatic rings. The molecular formula is C12H21NO4. The molecule has 0 aromatic carbocycles. The molecule has 0 aromatic heterocycles. The Labute approximate surface area is 102 Å². The fraction of sp³-hybridized carbons (Fsp3) is 0.667. The third-order valence-electron chi connectivity index (χ3n) is 2.70. The molecule has 0 fully saturated rings. The first-order valence-corrected chi connectivity index (χ1v) is 5.69. The molecule has 0 radical (unpaired) electrons. The third kappa shape index (κ3) is 5.49. The first-order chi connectivity index (χ1) is 7.91. The lowest BCUT2D eigenvalue weighted by molar-refractivity contribution is -0.133. The summed E-state index contributed by atoms with van der Waals surface area (Å²) in [6.07, 6.45) is 2.39. The lowest BCUT2D eigenvalue weighted by atomic mass is 10.1. The van der Waals surface area contributed by atoms with Crippen molar-refractivity contribution in [2.45, 2.75) is 33.1 Å². The zero-order chi connectivity index (χ0) is 13.4. The zero-order valence-electron chi connectivity index (χ0n) is 10.7. The van der Waals surface area contributed by atoms with Crippen molar-refractivity contribution >= 4 is 11.9 Å². The van der Waals surface area contributed by atoms with E-state index >= 15 is 0 Å². The number of carboxylic acids is 1. The number of nitrogens with zero attached hydrogens (tertiary/aromatic N) is 1. The largest absolute Gasteiger partial charge is 0.478 e. The predicted octanol–water partition coefficient (Wildman–Crippen LogP) is 1.03. The topological polar surface area (TPSA) is 77.8 Å².